The fraction of sp³-hybridized carbons (Fsp3) is 0.333. The molecule has 46 heavy (non-hydrogen) atoms. The van der Waals surface area contributed by atoms with Gasteiger partial charge < -0.3 is 25.0 Å². The van der Waals surface area contributed by atoms with Crippen molar-refractivity contribution >= 4 is 46.7 Å². The minimum atomic E-state index is -0.898. The second kappa shape index (κ2) is 13.1. The molecule has 9 nitrogen and oxygen atoms in total. The van der Waals surface area contributed by atoms with Crippen LogP contribution in [-0.2, 0) is 11.2 Å². The second-order valence-electron chi connectivity index (χ2n) is 12.2. The summed E-state index contributed by atoms with van der Waals surface area (Å²) in [7, 11) is 1.84. The lowest BCUT2D eigenvalue weighted by molar-refractivity contribution is -0.000499. The second-order valence-corrected chi connectivity index (χ2v) is 13.3. The van der Waals surface area contributed by atoms with Crippen molar-refractivity contribution in [2.75, 3.05) is 55.0 Å². The number of pyridine rings is 1. The molecular formula is C36H38N4O5S. The van der Waals surface area contributed by atoms with Crippen LogP contribution in [0.4, 0.5) is 17.2 Å². The number of nitrogens with one attached hydrogen (secondary N) is 1. The number of anilines is 3. The standard InChI is InChI=1S/C22H20N2O3S.C14H18N2O2/c1-13-16-11-12-24(21(25)14-7-9-15(23-2)10-8-14)18-6-4-3-5-17(18)20(16)28-19(13)22(26)27;1-11-6-12(8-17)13(15-7-11)16-9-14(10-16)2-4-18-5-3-14/h3-10,23H,11-12H2,1-2H3,(H,26,27);6-8H,2-5,9-10H2,1H3. The number of rotatable bonds is 5. The number of nitrogens with zero attached hydrogens (tertiary/aromatic N) is 3. The summed E-state index contributed by atoms with van der Waals surface area (Å²) in [4.78, 5) is 45.7. The minimum Gasteiger partial charge on any atom is -0.477 e. The number of aryl methyl sites for hydroxylation is 1. The molecule has 2 aromatic heterocycles. The van der Waals surface area contributed by atoms with E-state index < -0.39 is 5.97 Å². The summed E-state index contributed by atoms with van der Waals surface area (Å²) in [6.45, 7) is 8.08. The monoisotopic (exact) mass is 638 g/mol. The number of fused-ring (bicyclic) bond motifs is 3. The smallest absolute Gasteiger partial charge is 0.346 e. The Hall–Kier alpha value is -4.54. The number of aromatic carboxylic acids is 1. The first-order chi connectivity index (χ1) is 22.2. The van der Waals surface area contributed by atoms with Crippen molar-refractivity contribution in [3.8, 4) is 10.4 Å². The van der Waals surface area contributed by atoms with Crippen LogP contribution in [0.3, 0.4) is 0 Å². The normalized spacial score (nSPS) is 16.2. The number of aromatic nitrogens is 1. The average molecular weight is 639 g/mol. The van der Waals surface area contributed by atoms with Crippen molar-refractivity contribution < 1.29 is 24.2 Å². The van der Waals surface area contributed by atoms with Crippen molar-refractivity contribution in [1.82, 2.24) is 4.98 Å². The third-order valence-electron chi connectivity index (χ3n) is 9.22. The van der Waals surface area contributed by atoms with E-state index in [-0.39, 0.29) is 5.91 Å². The highest BCUT2D eigenvalue weighted by Crippen LogP contribution is 2.44. The summed E-state index contributed by atoms with van der Waals surface area (Å²) in [5, 5.41) is 12.6. The SMILES string of the molecule is CNc1ccc(C(=O)N2CCc3c(sc(C(=O)O)c3C)-c3ccccc32)cc1.Cc1cnc(N2CC3(CCOCC3)C2)c(C=O)c1. The molecule has 7 rings (SSSR count). The molecule has 10 heteroatoms. The van der Waals surface area contributed by atoms with Crippen molar-refractivity contribution in [1.29, 1.82) is 0 Å². The number of carbonyl (C=O) groups excluding carboxylic acids is 2. The molecule has 1 spiro atoms. The summed E-state index contributed by atoms with van der Waals surface area (Å²) in [6.07, 6.45) is 5.62. The van der Waals surface area contributed by atoms with Gasteiger partial charge in [0.15, 0.2) is 6.29 Å². The number of ether oxygens (including phenoxy) is 1. The van der Waals surface area contributed by atoms with Crippen molar-refractivity contribution in [2.24, 2.45) is 5.41 Å². The average Bonchev–Trinajstić information content (AvgIpc) is 3.30. The lowest BCUT2D eigenvalue weighted by atomic mass is 9.73. The zero-order chi connectivity index (χ0) is 32.4. The van der Waals surface area contributed by atoms with Gasteiger partial charge in [0.2, 0.25) is 0 Å². The number of carbonyl (C=O) groups is 3. The van der Waals surface area contributed by atoms with E-state index in [0.29, 0.717) is 34.4 Å². The summed E-state index contributed by atoms with van der Waals surface area (Å²) in [5.41, 5.74) is 7.28. The molecule has 0 aliphatic carbocycles. The molecule has 3 aliphatic heterocycles. The van der Waals surface area contributed by atoms with Crippen molar-refractivity contribution in [3.05, 3.63) is 93.5 Å². The highest BCUT2D eigenvalue weighted by atomic mass is 32.1. The molecule has 2 N–H and O–H groups in total. The maximum atomic E-state index is 13.3. The first-order valence-corrected chi connectivity index (χ1v) is 16.3. The van der Waals surface area contributed by atoms with Crippen molar-refractivity contribution in [3.63, 3.8) is 0 Å². The van der Waals surface area contributed by atoms with E-state index >= 15 is 0 Å². The topological polar surface area (TPSA) is 112 Å². The largest absolute Gasteiger partial charge is 0.477 e. The summed E-state index contributed by atoms with van der Waals surface area (Å²) < 4.78 is 5.41. The van der Waals surface area contributed by atoms with E-state index in [1.54, 1.807) is 4.90 Å². The fourth-order valence-corrected chi connectivity index (χ4v) is 7.86. The Morgan fingerprint density at radius 1 is 1.07 bits per heavy atom. The lowest BCUT2D eigenvalue weighted by Crippen LogP contribution is -2.59. The Bertz CT molecular complexity index is 1770. The summed E-state index contributed by atoms with van der Waals surface area (Å²) >= 11 is 1.29. The Kier molecular flexibility index (Phi) is 8.93. The van der Waals surface area contributed by atoms with Gasteiger partial charge in [-0.1, -0.05) is 18.2 Å². The van der Waals surface area contributed by atoms with Gasteiger partial charge >= 0.3 is 5.97 Å². The summed E-state index contributed by atoms with van der Waals surface area (Å²) in [5.74, 6) is -0.111. The molecule has 1 amide bonds. The molecule has 3 aliphatic rings. The van der Waals surface area contributed by atoms with E-state index in [9.17, 15) is 19.5 Å². The highest BCUT2D eigenvalue weighted by molar-refractivity contribution is 7.17. The number of amides is 1. The zero-order valence-corrected chi connectivity index (χ0v) is 27.2. The van der Waals surface area contributed by atoms with Crippen LogP contribution in [-0.4, -0.2) is 68.1 Å². The van der Waals surface area contributed by atoms with Gasteiger partial charge in [-0.3, -0.25) is 9.59 Å². The van der Waals surface area contributed by atoms with Crippen LogP contribution in [0.5, 0.6) is 0 Å². The predicted molar refractivity (Wildman–Crippen MR) is 182 cm³/mol. The lowest BCUT2D eigenvalue weighted by Gasteiger charge is -2.53. The van der Waals surface area contributed by atoms with Crippen LogP contribution >= 0.6 is 11.3 Å². The number of para-hydroxylation sites is 1. The van der Waals surface area contributed by atoms with Gasteiger partial charge in [0.1, 0.15) is 10.7 Å². The summed E-state index contributed by atoms with van der Waals surface area (Å²) in [6, 6.07) is 17.1. The molecule has 5 heterocycles. The van der Waals surface area contributed by atoms with E-state index in [0.717, 1.165) is 89.8 Å². The van der Waals surface area contributed by atoms with E-state index in [2.05, 4.69) is 15.2 Å². The van der Waals surface area contributed by atoms with Gasteiger partial charge in [0.05, 0.1) is 11.3 Å². The molecule has 2 fully saturated rings. The number of hydrogen-bond donors (Lipinski definition) is 2. The van der Waals surface area contributed by atoms with Crippen molar-refractivity contribution in [2.45, 2.75) is 33.1 Å². The van der Waals surface area contributed by atoms with Crippen LogP contribution in [0.1, 0.15) is 59.9 Å². The minimum absolute atomic E-state index is 0.0543. The van der Waals surface area contributed by atoms with E-state index in [1.807, 2.05) is 81.7 Å². The van der Waals surface area contributed by atoms with Crippen LogP contribution in [0.25, 0.3) is 10.4 Å². The predicted octanol–water partition coefficient (Wildman–Crippen LogP) is 6.49. The number of carboxylic acid groups (broad SMARTS) is 1. The Morgan fingerprint density at radius 3 is 2.46 bits per heavy atom. The van der Waals surface area contributed by atoms with Gasteiger partial charge in [0.25, 0.3) is 5.91 Å². The number of carboxylic acids is 1. The van der Waals surface area contributed by atoms with E-state index in [4.69, 9.17) is 4.74 Å². The maximum Gasteiger partial charge on any atom is 0.346 e. The van der Waals surface area contributed by atoms with Gasteiger partial charge in [-0.25, -0.2) is 9.78 Å². The first-order valence-electron chi connectivity index (χ1n) is 15.5. The Balaban J connectivity index is 0.000000178. The molecule has 2 saturated heterocycles. The van der Waals surface area contributed by atoms with E-state index in [1.165, 1.54) is 11.3 Å². The van der Waals surface area contributed by atoms with Crippen LogP contribution in [0.15, 0.2) is 60.8 Å². The van der Waals surface area contributed by atoms with Gasteiger partial charge in [-0.05, 0) is 86.2 Å². The highest BCUT2D eigenvalue weighted by Gasteiger charge is 2.44. The molecule has 0 radical (unpaired) electrons. The molecule has 0 bridgehead atoms. The molecular weight excluding hydrogens is 600 g/mol. The Morgan fingerprint density at radius 2 is 1.78 bits per heavy atom. The zero-order valence-electron chi connectivity index (χ0n) is 26.3. The van der Waals surface area contributed by atoms with Gasteiger partial charge in [-0.2, -0.15) is 0 Å². The molecule has 0 saturated carbocycles. The van der Waals surface area contributed by atoms with Crippen LogP contribution < -0.4 is 15.1 Å². The number of aldehydes is 1. The third-order valence-corrected chi connectivity index (χ3v) is 10.6. The molecule has 238 valence electrons. The number of benzene rings is 2. The van der Waals surface area contributed by atoms with Crippen LogP contribution in [0.2, 0.25) is 0 Å². The Labute approximate surface area is 272 Å². The first kappa shape index (κ1) is 31.4. The maximum absolute atomic E-state index is 13.3. The quantitative estimate of drug-likeness (QED) is 0.239. The van der Waals surface area contributed by atoms with Gasteiger partial charge in [0, 0.05) is 73.2 Å². The third kappa shape index (κ3) is 6.02. The van der Waals surface area contributed by atoms with Crippen LogP contribution in [0, 0.1) is 19.3 Å². The van der Waals surface area contributed by atoms with Gasteiger partial charge in [-0.15, -0.1) is 11.3 Å². The molecule has 0 unspecified atom stereocenters. The number of hydrogen-bond acceptors (Lipinski definition) is 8. The molecule has 2 aromatic carbocycles. The fourth-order valence-electron chi connectivity index (χ4n) is 6.63. The molecule has 0 atom stereocenters. The number of thiophene rings is 1. The molecule has 4 aromatic rings.